The number of nitrogens with two attached hydrogens (primary N) is 1. The van der Waals surface area contributed by atoms with Gasteiger partial charge < -0.3 is 16.4 Å². The lowest BCUT2D eigenvalue weighted by molar-refractivity contribution is -0.125. The van der Waals surface area contributed by atoms with Gasteiger partial charge >= 0.3 is 0 Å². The molecule has 1 saturated carbocycles. The number of carbonyl (C=O) groups excluding carboxylic acids is 2. The molecule has 0 radical (unpaired) electrons. The van der Waals surface area contributed by atoms with Crippen LogP contribution in [0.15, 0.2) is 0 Å². The summed E-state index contributed by atoms with van der Waals surface area (Å²) >= 11 is 0. The molecule has 0 aromatic carbocycles. The first-order chi connectivity index (χ1) is 8.08. The SMILES string of the molecule is CCC1CCC(NC(=O)CNC(=O)CN)C1C. The van der Waals surface area contributed by atoms with Crippen LogP contribution >= 0.6 is 0 Å². The van der Waals surface area contributed by atoms with Gasteiger partial charge in [0.1, 0.15) is 0 Å². The Hall–Kier alpha value is -1.10. The molecule has 0 aliphatic heterocycles. The normalized spacial score (nSPS) is 27.8. The summed E-state index contributed by atoms with van der Waals surface area (Å²) in [6.45, 7) is 4.32. The minimum atomic E-state index is -0.300. The highest BCUT2D eigenvalue weighted by Gasteiger charge is 2.32. The largest absolute Gasteiger partial charge is 0.352 e. The van der Waals surface area contributed by atoms with Crippen molar-refractivity contribution in [3.8, 4) is 0 Å². The summed E-state index contributed by atoms with van der Waals surface area (Å²) in [7, 11) is 0. The van der Waals surface area contributed by atoms with Crippen LogP contribution in [0.25, 0.3) is 0 Å². The fourth-order valence-electron chi connectivity index (χ4n) is 2.54. The molecule has 1 rings (SSSR count). The Kier molecular flexibility index (Phi) is 5.41. The third-order valence-corrected chi connectivity index (χ3v) is 3.73. The Morgan fingerprint density at radius 3 is 2.53 bits per heavy atom. The van der Waals surface area contributed by atoms with Crippen molar-refractivity contribution in [2.45, 2.75) is 39.2 Å². The number of hydrogen-bond acceptors (Lipinski definition) is 3. The number of rotatable bonds is 5. The van der Waals surface area contributed by atoms with Crippen LogP contribution in [0.2, 0.25) is 0 Å². The van der Waals surface area contributed by atoms with Gasteiger partial charge in [0.2, 0.25) is 11.8 Å². The van der Waals surface area contributed by atoms with Crippen molar-refractivity contribution in [2.75, 3.05) is 13.1 Å². The number of amides is 2. The number of nitrogens with one attached hydrogen (secondary N) is 2. The summed E-state index contributed by atoms with van der Waals surface area (Å²) < 4.78 is 0. The molecular weight excluding hydrogens is 218 g/mol. The maximum absolute atomic E-state index is 11.6. The van der Waals surface area contributed by atoms with Gasteiger partial charge in [-0.05, 0) is 24.7 Å². The lowest BCUT2D eigenvalue weighted by Gasteiger charge is -2.21. The zero-order valence-corrected chi connectivity index (χ0v) is 10.7. The molecule has 4 N–H and O–H groups in total. The first kappa shape index (κ1) is 14.0. The summed E-state index contributed by atoms with van der Waals surface area (Å²) in [5.74, 6) is 0.805. The highest BCUT2D eigenvalue weighted by molar-refractivity contribution is 5.85. The van der Waals surface area contributed by atoms with Crippen LogP contribution in [0.5, 0.6) is 0 Å². The molecule has 0 aromatic heterocycles. The van der Waals surface area contributed by atoms with Gasteiger partial charge in [0.25, 0.3) is 0 Å². The van der Waals surface area contributed by atoms with Crippen LogP contribution in [0.4, 0.5) is 0 Å². The van der Waals surface area contributed by atoms with Crippen LogP contribution in [0, 0.1) is 11.8 Å². The molecule has 17 heavy (non-hydrogen) atoms. The van der Waals surface area contributed by atoms with E-state index in [4.69, 9.17) is 5.73 Å². The quantitative estimate of drug-likeness (QED) is 0.633. The average Bonchev–Trinajstić information content (AvgIpc) is 2.67. The zero-order chi connectivity index (χ0) is 12.8. The molecule has 5 heteroatoms. The first-order valence-electron chi connectivity index (χ1n) is 6.34. The van der Waals surface area contributed by atoms with E-state index in [-0.39, 0.29) is 30.9 Å². The standard InChI is InChI=1S/C12H23N3O2/c1-3-9-4-5-10(8(9)2)15-12(17)7-14-11(16)6-13/h8-10H,3-7,13H2,1-2H3,(H,14,16)(H,15,17). The smallest absolute Gasteiger partial charge is 0.239 e. The van der Waals surface area contributed by atoms with E-state index in [1.807, 2.05) is 0 Å². The molecule has 0 saturated heterocycles. The Morgan fingerprint density at radius 2 is 2.00 bits per heavy atom. The molecule has 0 aromatic rings. The lowest BCUT2D eigenvalue weighted by atomic mass is 9.93. The van der Waals surface area contributed by atoms with Crippen molar-refractivity contribution < 1.29 is 9.59 Å². The maximum Gasteiger partial charge on any atom is 0.239 e. The van der Waals surface area contributed by atoms with Gasteiger partial charge in [-0.25, -0.2) is 0 Å². The van der Waals surface area contributed by atoms with Crippen molar-refractivity contribution in [1.82, 2.24) is 10.6 Å². The molecule has 1 aliphatic carbocycles. The molecule has 0 heterocycles. The van der Waals surface area contributed by atoms with Gasteiger partial charge in [-0.15, -0.1) is 0 Å². The molecule has 98 valence electrons. The van der Waals surface area contributed by atoms with Crippen LogP contribution in [0.3, 0.4) is 0 Å². The number of hydrogen-bond donors (Lipinski definition) is 3. The van der Waals surface area contributed by atoms with E-state index in [0.29, 0.717) is 11.8 Å². The van der Waals surface area contributed by atoms with E-state index in [2.05, 4.69) is 24.5 Å². The van der Waals surface area contributed by atoms with Crippen LogP contribution in [0.1, 0.15) is 33.1 Å². The van der Waals surface area contributed by atoms with Gasteiger partial charge in [0.05, 0.1) is 13.1 Å². The van der Waals surface area contributed by atoms with E-state index < -0.39 is 0 Å². The molecule has 0 bridgehead atoms. The minimum Gasteiger partial charge on any atom is -0.352 e. The van der Waals surface area contributed by atoms with Gasteiger partial charge in [0, 0.05) is 6.04 Å². The third-order valence-electron chi connectivity index (χ3n) is 3.73. The van der Waals surface area contributed by atoms with E-state index in [1.54, 1.807) is 0 Å². The predicted octanol–water partition coefficient (Wildman–Crippen LogP) is 0.00220. The minimum absolute atomic E-state index is 0.0239. The average molecular weight is 241 g/mol. The van der Waals surface area contributed by atoms with Crippen molar-refractivity contribution in [1.29, 1.82) is 0 Å². The molecule has 5 nitrogen and oxygen atoms in total. The van der Waals surface area contributed by atoms with E-state index >= 15 is 0 Å². The lowest BCUT2D eigenvalue weighted by Crippen LogP contribution is -2.44. The van der Waals surface area contributed by atoms with E-state index in [1.165, 1.54) is 6.42 Å². The van der Waals surface area contributed by atoms with Gasteiger partial charge in [-0.2, -0.15) is 0 Å². The third kappa shape index (κ3) is 4.00. The molecule has 1 aliphatic rings. The zero-order valence-electron chi connectivity index (χ0n) is 10.7. The van der Waals surface area contributed by atoms with Crippen LogP contribution in [-0.2, 0) is 9.59 Å². The summed E-state index contributed by atoms with van der Waals surface area (Å²) in [5.41, 5.74) is 5.14. The maximum atomic E-state index is 11.6. The highest BCUT2D eigenvalue weighted by Crippen LogP contribution is 2.33. The van der Waals surface area contributed by atoms with E-state index in [9.17, 15) is 9.59 Å². The molecule has 0 spiro atoms. The second kappa shape index (κ2) is 6.59. The van der Waals surface area contributed by atoms with Gasteiger partial charge in [-0.3, -0.25) is 9.59 Å². The van der Waals surface area contributed by atoms with Crippen molar-refractivity contribution in [2.24, 2.45) is 17.6 Å². The fourth-order valence-corrected chi connectivity index (χ4v) is 2.54. The number of carbonyl (C=O) groups is 2. The van der Waals surface area contributed by atoms with Gasteiger partial charge in [-0.1, -0.05) is 20.3 Å². The molecular formula is C12H23N3O2. The Balaban J connectivity index is 2.30. The van der Waals surface area contributed by atoms with Crippen LogP contribution in [-0.4, -0.2) is 30.9 Å². The molecule has 3 atom stereocenters. The van der Waals surface area contributed by atoms with Crippen LogP contribution < -0.4 is 16.4 Å². The molecule has 1 fully saturated rings. The predicted molar refractivity (Wildman–Crippen MR) is 66.2 cm³/mol. The first-order valence-corrected chi connectivity index (χ1v) is 6.34. The second-order valence-electron chi connectivity index (χ2n) is 4.76. The Morgan fingerprint density at radius 1 is 1.29 bits per heavy atom. The molecule has 2 amide bonds. The van der Waals surface area contributed by atoms with Crippen molar-refractivity contribution >= 4 is 11.8 Å². The van der Waals surface area contributed by atoms with Gasteiger partial charge in [0.15, 0.2) is 0 Å². The second-order valence-corrected chi connectivity index (χ2v) is 4.76. The topological polar surface area (TPSA) is 84.2 Å². The fraction of sp³-hybridized carbons (Fsp3) is 0.833. The summed E-state index contributed by atoms with van der Waals surface area (Å²) in [6.07, 6.45) is 3.38. The van der Waals surface area contributed by atoms with E-state index in [0.717, 1.165) is 12.8 Å². The summed E-state index contributed by atoms with van der Waals surface area (Å²) in [5, 5.41) is 5.45. The summed E-state index contributed by atoms with van der Waals surface area (Å²) in [4.78, 5) is 22.5. The Bertz CT molecular complexity index is 281. The van der Waals surface area contributed by atoms with Crippen molar-refractivity contribution in [3.63, 3.8) is 0 Å². The summed E-state index contributed by atoms with van der Waals surface area (Å²) in [6, 6.07) is 0.252. The Labute approximate surface area is 103 Å². The monoisotopic (exact) mass is 241 g/mol. The van der Waals surface area contributed by atoms with Crippen molar-refractivity contribution in [3.05, 3.63) is 0 Å². The molecule has 3 unspecified atom stereocenters. The highest BCUT2D eigenvalue weighted by atomic mass is 16.2.